The van der Waals surface area contributed by atoms with Crippen LogP contribution in [0.4, 0.5) is 8.78 Å². The lowest BCUT2D eigenvalue weighted by atomic mass is 10.2. The fourth-order valence-electron chi connectivity index (χ4n) is 2.35. The SMILES string of the molecule is Cc1cc2c(cc1F)nc(CCl)n2Cc1ccc(F)cc1. The Morgan fingerprint density at radius 1 is 1.14 bits per heavy atom. The number of rotatable bonds is 3. The van der Waals surface area contributed by atoms with Crippen LogP contribution < -0.4 is 0 Å². The number of fused-ring (bicyclic) bond motifs is 1. The lowest BCUT2D eigenvalue weighted by molar-refractivity contribution is 0.620. The van der Waals surface area contributed by atoms with Crippen molar-refractivity contribution < 1.29 is 8.78 Å². The summed E-state index contributed by atoms with van der Waals surface area (Å²) >= 11 is 5.94. The third-order valence-corrected chi connectivity index (χ3v) is 3.72. The molecule has 0 fully saturated rings. The van der Waals surface area contributed by atoms with Gasteiger partial charge in [0, 0.05) is 12.6 Å². The van der Waals surface area contributed by atoms with Gasteiger partial charge < -0.3 is 4.57 Å². The molecule has 0 unspecified atom stereocenters. The molecule has 0 saturated heterocycles. The van der Waals surface area contributed by atoms with Gasteiger partial charge >= 0.3 is 0 Å². The summed E-state index contributed by atoms with van der Waals surface area (Å²) in [5, 5.41) is 0. The van der Waals surface area contributed by atoms with E-state index in [0.29, 0.717) is 23.4 Å². The summed E-state index contributed by atoms with van der Waals surface area (Å²) in [5.74, 6) is 0.345. The molecular weight excluding hydrogens is 294 g/mol. The molecule has 0 amide bonds. The van der Waals surface area contributed by atoms with Crippen molar-refractivity contribution in [2.24, 2.45) is 0 Å². The summed E-state index contributed by atoms with van der Waals surface area (Å²) in [6.45, 7) is 2.23. The maximum absolute atomic E-state index is 13.6. The van der Waals surface area contributed by atoms with Gasteiger partial charge in [0.1, 0.15) is 17.5 Å². The Balaban J connectivity index is 2.11. The van der Waals surface area contributed by atoms with E-state index in [0.717, 1.165) is 11.1 Å². The zero-order valence-corrected chi connectivity index (χ0v) is 12.2. The van der Waals surface area contributed by atoms with Crippen molar-refractivity contribution in [3.63, 3.8) is 0 Å². The molecule has 1 aromatic heterocycles. The molecule has 2 aromatic carbocycles. The second-order valence-electron chi connectivity index (χ2n) is 4.96. The summed E-state index contributed by atoms with van der Waals surface area (Å²) in [6.07, 6.45) is 0. The number of imidazole rings is 1. The first-order valence-corrected chi connectivity index (χ1v) is 7.07. The van der Waals surface area contributed by atoms with Crippen LogP contribution in [-0.2, 0) is 12.4 Å². The molecule has 0 aliphatic heterocycles. The Labute approximate surface area is 126 Å². The van der Waals surface area contributed by atoms with Gasteiger partial charge in [-0.05, 0) is 36.2 Å². The van der Waals surface area contributed by atoms with Crippen molar-refractivity contribution >= 4 is 22.6 Å². The number of aromatic nitrogens is 2. The Kier molecular flexibility index (Phi) is 3.64. The van der Waals surface area contributed by atoms with Gasteiger partial charge in [-0.25, -0.2) is 13.8 Å². The van der Waals surface area contributed by atoms with E-state index in [1.165, 1.54) is 18.2 Å². The van der Waals surface area contributed by atoms with Gasteiger partial charge in [-0.3, -0.25) is 0 Å². The Morgan fingerprint density at radius 3 is 2.52 bits per heavy atom. The van der Waals surface area contributed by atoms with E-state index in [1.54, 1.807) is 25.1 Å². The molecule has 1 heterocycles. The molecule has 2 nitrogen and oxygen atoms in total. The van der Waals surface area contributed by atoms with Crippen LogP contribution in [0.25, 0.3) is 11.0 Å². The number of nitrogens with zero attached hydrogens (tertiary/aromatic N) is 2. The van der Waals surface area contributed by atoms with Gasteiger partial charge in [0.05, 0.1) is 16.9 Å². The molecule has 3 rings (SSSR count). The van der Waals surface area contributed by atoms with Gasteiger partial charge in [0.15, 0.2) is 0 Å². The minimum atomic E-state index is -0.282. The van der Waals surface area contributed by atoms with Crippen molar-refractivity contribution in [3.05, 3.63) is 65.0 Å². The first-order valence-electron chi connectivity index (χ1n) is 6.54. The van der Waals surface area contributed by atoms with Crippen LogP contribution >= 0.6 is 11.6 Å². The van der Waals surface area contributed by atoms with Crippen LogP contribution in [0.2, 0.25) is 0 Å². The molecule has 0 aliphatic rings. The molecule has 0 bridgehead atoms. The van der Waals surface area contributed by atoms with E-state index in [-0.39, 0.29) is 17.5 Å². The molecule has 0 atom stereocenters. The smallest absolute Gasteiger partial charge is 0.128 e. The molecule has 0 aliphatic carbocycles. The molecule has 21 heavy (non-hydrogen) atoms. The first-order chi connectivity index (χ1) is 10.1. The molecule has 0 saturated carbocycles. The monoisotopic (exact) mass is 306 g/mol. The third kappa shape index (κ3) is 2.63. The van der Waals surface area contributed by atoms with Crippen LogP contribution in [-0.4, -0.2) is 9.55 Å². The second kappa shape index (κ2) is 5.45. The van der Waals surface area contributed by atoms with E-state index in [9.17, 15) is 8.78 Å². The number of hydrogen-bond donors (Lipinski definition) is 0. The Hall–Kier alpha value is -1.94. The van der Waals surface area contributed by atoms with Crippen LogP contribution in [0.15, 0.2) is 36.4 Å². The standard InChI is InChI=1S/C16H13ClF2N2/c1-10-6-15-14(7-13(10)19)20-16(8-17)21(15)9-11-2-4-12(18)5-3-11/h2-7H,8-9H2,1H3. The van der Waals surface area contributed by atoms with Gasteiger partial charge in [-0.15, -0.1) is 11.6 Å². The number of aryl methyl sites for hydroxylation is 1. The van der Waals surface area contributed by atoms with Gasteiger partial charge in [-0.1, -0.05) is 12.1 Å². The van der Waals surface area contributed by atoms with Crippen LogP contribution in [0, 0.1) is 18.6 Å². The van der Waals surface area contributed by atoms with Gasteiger partial charge in [-0.2, -0.15) is 0 Å². The second-order valence-corrected chi connectivity index (χ2v) is 5.23. The fraction of sp³-hybridized carbons (Fsp3) is 0.188. The largest absolute Gasteiger partial charge is 0.322 e. The number of halogens is 3. The summed E-state index contributed by atoms with van der Waals surface area (Å²) in [4.78, 5) is 4.36. The average Bonchev–Trinajstić information content (AvgIpc) is 2.79. The summed E-state index contributed by atoms with van der Waals surface area (Å²) in [5.41, 5.74) is 2.90. The lowest BCUT2D eigenvalue weighted by Crippen LogP contribution is -2.04. The minimum Gasteiger partial charge on any atom is -0.322 e. The lowest BCUT2D eigenvalue weighted by Gasteiger charge is -2.08. The summed E-state index contributed by atoms with van der Waals surface area (Å²) in [7, 11) is 0. The predicted octanol–water partition coefficient (Wildman–Crippen LogP) is 4.41. The highest BCUT2D eigenvalue weighted by Crippen LogP contribution is 2.22. The highest BCUT2D eigenvalue weighted by atomic mass is 35.5. The zero-order valence-electron chi connectivity index (χ0n) is 11.4. The molecule has 3 aromatic rings. The van der Waals surface area contributed by atoms with Crippen molar-refractivity contribution in [1.82, 2.24) is 9.55 Å². The van der Waals surface area contributed by atoms with Crippen LogP contribution in [0.1, 0.15) is 17.0 Å². The fourth-order valence-corrected chi connectivity index (χ4v) is 2.55. The zero-order chi connectivity index (χ0) is 15.0. The molecular formula is C16H13ClF2N2. The molecule has 5 heteroatoms. The van der Waals surface area contributed by atoms with Crippen molar-refractivity contribution in [1.29, 1.82) is 0 Å². The highest BCUT2D eigenvalue weighted by molar-refractivity contribution is 6.16. The van der Waals surface area contributed by atoms with E-state index in [1.807, 2.05) is 4.57 Å². The Morgan fingerprint density at radius 2 is 1.86 bits per heavy atom. The molecule has 0 N–H and O–H groups in total. The van der Waals surface area contributed by atoms with Crippen molar-refractivity contribution in [3.8, 4) is 0 Å². The summed E-state index contributed by atoms with van der Waals surface area (Å²) in [6, 6.07) is 9.45. The van der Waals surface area contributed by atoms with Crippen LogP contribution in [0.3, 0.4) is 0 Å². The summed E-state index contributed by atoms with van der Waals surface area (Å²) < 4.78 is 28.6. The average molecular weight is 307 g/mol. The highest BCUT2D eigenvalue weighted by Gasteiger charge is 2.12. The number of hydrogen-bond acceptors (Lipinski definition) is 1. The maximum atomic E-state index is 13.6. The first kappa shape index (κ1) is 14.0. The van der Waals surface area contributed by atoms with E-state index >= 15 is 0 Å². The molecule has 0 radical (unpaired) electrons. The molecule has 108 valence electrons. The maximum Gasteiger partial charge on any atom is 0.128 e. The molecule has 0 spiro atoms. The van der Waals surface area contributed by atoms with Gasteiger partial charge in [0.25, 0.3) is 0 Å². The van der Waals surface area contributed by atoms with E-state index < -0.39 is 0 Å². The van der Waals surface area contributed by atoms with Gasteiger partial charge in [0.2, 0.25) is 0 Å². The Bertz CT molecular complexity index is 794. The van der Waals surface area contributed by atoms with Crippen molar-refractivity contribution in [2.75, 3.05) is 0 Å². The number of benzene rings is 2. The van der Waals surface area contributed by atoms with Crippen molar-refractivity contribution in [2.45, 2.75) is 19.3 Å². The predicted molar refractivity (Wildman–Crippen MR) is 79.5 cm³/mol. The minimum absolute atomic E-state index is 0.233. The van der Waals surface area contributed by atoms with E-state index in [4.69, 9.17) is 11.6 Å². The normalized spacial score (nSPS) is 11.2. The number of alkyl halides is 1. The quantitative estimate of drug-likeness (QED) is 0.655. The van der Waals surface area contributed by atoms with E-state index in [2.05, 4.69) is 4.98 Å². The van der Waals surface area contributed by atoms with Crippen LogP contribution in [0.5, 0.6) is 0 Å². The topological polar surface area (TPSA) is 17.8 Å². The third-order valence-electron chi connectivity index (χ3n) is 3.48.